The van der Waals surface area contributed by atoms with Gasteiger partial charge in [-0.3, -0.25) is 0 Å². The van der Waals surface area contributed by atoms with Gasteiger partial charge in [0.1, 0.15) is 0 Å². The zero-order valence-corrected chi connectivity index (χ0v) is 13.9. The molecule has 0 saturated heterocycles. The number of sulfonamides is 1. The van der Waals surface area contributed by atoms with Crippen molar-refractivity contribution in [1.29, 1.82) is 0 Å². The number of hydrogen-bond acceptors (Lipinski definition) is 4. The standard InChI is InChI=1S/C15H20N2O2S2/c1-12-6-7-20-15(12)10-17-21(18,19)11-14-5-3-4-13(8-14)9-16-2/h3-8,16-17H,9-11H2,1-2H3. The molecule has 4 nitrogen and oxygen atoms in total. The summed E-state index contributed by atoms with van der Waals surface area (Å²) in [7, 11) is -1.45. The maximum atomic E-state index is 12.2. The lowest BCUT2D eigenvalue weighted by Gasteiger charge is -2.08. The normalized spacial score (nSPS) is 11.7. The van der Waals surface area contributed by atoms with E-state index in [1.807, 2.05) is 49.7 Å². The monoisotopic (exact) mass is 324 g/mol. The molecular weight excluding hydrogens is 304 g/mol. The van der Waals surface area contributed by atoms with Gasteiger partial charge in [-0.15, -0.1) is 11.3 Å². The molecule has 0 amide bonds. The van der Waals surface area contributed by atoms with Gasteiger partial charge in [-0.2, -0.15) is 0 Å². The summed E-state index contributed by atoms with van der Waals surface area (Å²) >= 11 is 1.57. The third-order valence-electron chi connectivity index (χ3n) is 3.15. The summed E-state index contributed by atoms with van der Waals surface area (Å²) in [6, 6.07) is 9.63. The average molecular weight is 324 g/mol. The van der Waals surface area contributed by atoms with Crippen LogP contribution in [0.4, 0.5) is 0 Å². The Balaban J connectivity index is 2.00. The Morgan fingerprint density at radius 2 is 1.90 bits per heavy atom. The molecule has 2 aromatic rings. The molecular formula is C15H20N2O2S2. The molecule has 0 aliphatic rings. The number of thiophene rings is 1. The molecule has 0 saturated carbocycles. The quantitative estimate of drug-likeness (QED) is 0.822. The second kappa shape index (κ2) is 7.17. The molecule has 0 aliphatic carbocycles. The van der Waals surface area contributed by atoms with Crippen molar-refractivity contribution in [2.24, 2.45) is 0 Å². The van der Waals surface area contributed by atoms with E-state index in [4.69, 9.17) is 0 Å². The van der Waals surface area contributed by atoms with Crippen molar-refractivity contribution >= 4 is 21.4 Å². The highest BCUT2D eigenvalue weighted by molar-refractivity contribution is 7.88. The second-order valence-electron chi connectivity index (χ2n) is 4.96. The van der Waals surface area contributed by atoms with Gasteiger partial charge >= 0.3 is 0 Å². The van der Waals surface area contributed by atoms with E-state index in [9.17, 15) is 8.42 Å². The Morgan fingerprint density at radius 1 is 1.14 bits per heavy atom. The summed E-state index contributed by atoms with van der Waals surface area (Å²) in [6.45, 7) is 3.08. The fraction of sp³-hybridized carbons (Fsp3) is 0.333. The van der Waals surface area contributed by atoms with Crippen molar-refractivity contribution in [3.8, 4) is 0 Å². The molecule has 21 heavy (non-hydrogen) atoms. The third kappa shape index (κ3) is 4.93. The summed E-state index contributed by atoms with van der Waals surface area (Å²) in [5, 5.41) is 5.03. The fourth-order valence-corrected chi connectivity index (χ4v) is 4.09. The summed E-state index contributed by atoms with van der Waals surface area (Å²) in [5.41, 5.74) is 3.01. The van der Waals surface area contributed by atoms with E-state index in [0.717, 1.165) is 28.1 Å². The lowest BCUT2D eigenvalue weighted by molar-refractivity contribution is 0.581. The molecule has 1 heterocycles. The number of nitrogens with one attached hydrogen (secondary N) is 2. The maximum Gasteiger partial charge on any atom is 0.216 e. The van der Waals surface area contributed by atoms with E-state index >= 15 is 0 Å². The van der Waals surface area contributed by atoms with Crippen LogP contribution in [0.1, 0.15) is 21.6 Å². The van der Waals surface area contributed by atoms with E-state index in [2.05, 4.69) is 10.0 Å². The van der Waals surface area contributed by atoms with Crippen LogP contribution >= 0.6 is 11.3 Å². The van der Waals surface area contributed by atoms with Crippen LogP contribution in [-0.2, 0) is 28.9 Å². The first-order chi connectivity index (χ1) is 10.00. The van der Waals surface area contributed by atoms with Crippen LogP contribution in [0.5, 0.6) is 0 Å². The average Bonchev–Trinajstić information content (AvgIpc) is 2.82. The van der Waals surface area contributed by atoms with Crippen LogP contribution in [0.25, 0.3) is 0 Å². The van der Waals surface area contributed by atoms with Gasteiger partial charge in [-0.05, 0) is 42.1 Å². The van der Waals surface area contributed by atoms with Crippen molar-refractivity contribution in [2.45, 2.75) is 25.8 Å². The Hall–Kier alpha value is -1.21. The number of benzene rings is 1. The van der Waals surface area contributed by atoms with Crippen molar-refractivity contribution in [3.63, 3.8) is 0 Å². The second-order valence-corrected chi connectivity index (χ2v) is 7.76. The number of aryl methyl sites for hydroxylation is 1. The smallest absolute Gasteiger partial charge is 0.216 e. The van der Waals surface area contributed by atoms with Crippen molar-refractivity contribution < 1.29 is 8.42 Å². The zero-order valence-electron chi connectivity index (χ0n) is 12.2. The van der Waals surface area contributed by atoms with Gasteiger partial charge in [0.15, 0.2) is 0 Å². The SMILES string of the molecule is CNCc1cccc(CS(=O)(=O)NCc2sccc2C)c1. The minimum absolute atomic E-state index is 0.00891. The Kier molecular flexibility index (Phi) is 5.52. The first-order valence-electron chi connectivity index (χ1n) is 6.73. The van der Waals surface area contributed by atoms with Crippen molar-refractivity contribution in [3.05, 3.63) is 57.3 Å². The van der Waals surface area contributed by atoms with E-state index in [-0.39, 0.29) is 5.75 Å². The minimum Gasteiger partial charge on any atom is -0.316 e. The van der Waals surface area contributed by atoms with Crippen LogP contribution in [0.3, 0.4) is 0 Å². The summed E-state index contributed by atoms with van der Waals surface area (Å²) < 4.78 is 27.0. The van der Waals surface area contributed by atoms with Crippen molar-refractivity contribution in [1.82, 2.24) is 10.0 Å². The minimum atomic E-state index is -3.32. The zero-order chi connectivity index (χ0) is 15.3. The largest absolute Gasteiger partial charge is 0.316 e. The summed E-state index contributed by atoms with van der Waals surface area (Å²) in [6.07, 6.45) is 0. The predicted octanol–water partition coefficient (Wildman–Crippen LogP) is 2.40. The van der Waals surface area contributed by atoms with E-state index in [1.165, 1.54) is 0 Å². The molecule has 0 radical (unpaired) electrons. The Morgan fingerprint density at radius 3 is 2.57 bits per heavy atom. The molecule has 0 bridgehead atoms. The first-order valence-corrected chi connectivity index (χ1v) is 9.26. The Labute approximate surface area is 130 Å². The highest BCUT2D eigenvalue weighted by Gasteiger charge is 2.12. The lowest BCUT2D eigenvalue weighted by atomic mass is 10.1. The number of rotatable bonds is 7. The maximum absolute atomic E-state index is 12.2. The molecule has 2 rings (SSSR count). The summed E-state index contributed by atoms with van der Waals surface area (Å²) in [4.78, 5) is 1.06. The van der Waals surface area contributed by atoms with Crippen LogP contribution < -0.4 is 10.0 Å². The van der Waals surface area contributed by atoms with Crippen LogP contribution in [-0.4, -0.2) is 15.5 Å². The van der Waals surface area contributed by atoms with Crippen molar-refractivity contribution in [2.75, 3.05) is 7.05 Å². The van der Waals surface area contributed by atoms with E-state index in [1.54, 1.807) is 11.3 Å². The molecule has 0 unspecified atom stereocenters. The van der Waals surface area contributed by atoms with Gasteiger partial charge in [-0.25, -0.2) is 13.1 Å². The van der Waals surface area contributed by atoms with Gasteiger partial charge < -0.3 is 5.32 Å². The molecule has 2 N–H and O–H groups in total. The van der Waals surface area contributed by atoms with E-state index < -0.39 is 10.0 Å². The molecule has 0 fully saturated rings. The summed E-state index contributed by atoms with van der Waals surface area (Å²) in [5.74, 6) is 0.00891. The highest BCUT2D eigenvalue weighted by atomic mass is 32.2. The van der Waals surface area contributed by atoms with Gasteiger partial charge in [-0.1, -0.05) is 24.3 Å². The molecule has 1 aromatic carbocycles. The van der Waals surface area contributed by atoms with Gasteiger partial charge in [0.25, 0.3) is 0 Å². The molecule has 0 aliphatic heterocycles. The molecule has 1 aromatic heterocycles. The van der Waals surface area contributed by atoms with Crippen LogP contribution in [0.2, 0.25) is 0 Å². The van der Waals surface area contributed by atoms with Crippen LogP contribution in [0, 0.1) is 6.92 Å². The van der Waals surface area contributed by atoms with Gasteiger partial charge in [0.2, 0.25) is 10.0 Å². The molecule has 0 spiro atoms. The van der Waals surface area contributed by atoms with E-state index in [0.29, 0.717) is 6.54 Å². The highest BCUT2D eigenvalue weighted by Crippen LogP contribution is 2.16. The Bertz CT molecular complexity index is 693. The topological polar surface area (TPSA) is 58.2 Å². The first kappa shape index (κ1) is 16.2. The predicted molar refractivity (Wildman–Crippen MR) is 87.7 cm³/mol. The molecule has 6 heteroatoms. The molecule has 114 valence electrons. The van der Waals surface area contributed by atoms with Gasteiger partial charge in [0.05, 0.1) is 5.75 Å². The fourth-order valence-electron chi connectivity index (χ4n) is 2.06. The lowest BCUT2D eigenvalue weighted by Crippen LogP contribution is -2.24. The molecule has 0 atom stereocenters. The number of hydrogen-bond donors (Lipinski definition) is 2. The third-order valence-corrected chi connectivity index (χ3v) is 5.47. The van der Waals surface area contributed by atoms with Crippen LogP contribution in [0.15, 0.2) is 35.7 Å². The van der Waals surface area contributed by atoms with Gasteiger partial charge in [0, 0.05) is 18.0 Å².